The Kier molecular flexibility index (Phi) is 7.68. The van der Waals surface area contributed by atoms with Crippen molar-refractivity contribution in [3.8, 4) is 0 Å². The number of benzene rings is 1. The number of thioether (sulfide) groups is 1. The molecule has 1 amide bonds. The summed E-state index contributed by atoms with van der Waals surface area (Å²) in [6.07, 6.45) is 3.10. The predicted molar refractivity (Wildman–Crippen MR) is 99.3 cm³/mol. The van der Waals surface area contributed by atoms with Gasteiger partial charge in [-0.15, -0.1) is 0 Å². The van der Waals surface area contributed by atoms with Gasteiger partial charge < -0.3 is 5.32 Å². The number of carbonyl (C=O) groups is 1. The van der Waals surface area contributed by atoms with Gasteiger partial charge in [0.1, 0.15) is 0 Å². The van der Waals surface area contributed by atoms with Crippen LogP contribution in [0.3, 0.4) is 0 Å². The Hall–Kier alpha value is -1.27. The van der Waals surface area contributed by atoms with Crippen LogP contribution in [0, 0.1) is 0 Å². The zero-order valence-corrected chi connectivity index (χ0v) is 15.3. The third-order valence-electron chi connectivity index (χ3n) is 3.11. The van der Waals surface area contributed by atoms with Crippen LogP contribution in [0.4, 0.5) is 0 Å². The Bertz CT molecular complexity index is 495. The molecule has 1 rings (SSSR count). The van der Waals surface area contributed by atoms with Crippen molar-refractivity contribution >= 4 is 35.0 Å². The molecule has 0 bridgehead atoms. The lowest BCUT2D eigenvalue weighted by Gasteiger charge is -2.19. The molecule has 0 fully saturated rings. The van der Waals surface area contributed by atoms with E-state index in [1.54, 1.807) is 11.8 Å². The highest BCUT2D eigenvalue weighted by atomic mass is 32.2. The molecule has 1 aromatic rings. The van der Waals surface area contributed by atoms with Gasteiger partial charge in [-0.25, -0.2) is 0 Å². The van der Waals surface area contributed by atoms with Crippen LogP contribution in [0.25, 0.3) is 0 Å². The maximum Gasteiger partial charge on any atom is 0.269 e. The lowest BCUT2D eigenvalue weighted by atomic mass is 9.87. The second-order valence-corrected chi connectivity index (χ2v) is 7.40. The summed E-state index contributed by atoms with van der Waals surface area (Å²) < 4.78 is 0. The Morgan fingerprint density at radius 2 is 1.82 bits per heavy atom. The zero-order chi connectivity index (χ0) is 16.6. The monoisotopic (exact) mass is 339 g/mol. The van der Waals surface area contributed by atoms with Crippen molar-refractivity contribution in [1.29, 1.82) is 0 Å². The fourth-order valence-corrected chi connectivity index (χ4v) is 2.36. The van der Waals surface area contributed by atoms with Crippen LogP contribution in [0.15, 0.2) is 24.3 Å². The molecule has 4 nitrogen and oxygen atoms in total. The van der Waals surface area contributed by atoms with Gasteiger partial charge in [-0.3, -0.25) is 15.6 Å². The van der Waals surface area contributed by atoms with E-state index in [-0.39, 0.29) is 11.3 Å². The molecule has 0 atom stereocenters. The van der Waals surface area contributed by atoms with Gasteiger partial charge in [0.15, 0.2) is 5.11 Å². The summed E-state index contributed by atoms with van der Waals surface area (Å²) in [7, 11) is 0. The summed E-state index contributed by atoms with van der Waals surface area (Å²) in [5, 5.41) is 3.48. The molecule has 0 aliphatic carbocycles. The molecule has 0 aromatic heterocycles. The maximum atomic E-state index is 12.0. The molecule has 0 heterocycles. The van der Waals surface area contributed by atoms with Crippen molar-refractivity contribution in [2.24, 2.45) is 0 Å². The minimum atomic E-state index is -0.200. The lowest BCUT2D eigenvalue weighted by Crippen LogP contribution is -2.47. The van der Waals surface area contributed by atoms with Crippen molar-refractivity contribution < 1.29 is 4.79 Å². The van der Waals surface area contributed by atoms with Crippen LogP contribution < -0.4 is 16.2 Å². The SMILES string of the molecule is CSCCCNC(=S)NNC(=O)c1ccc(C(C)(C)C)cc1. The van der Waals surface area contributed by atoms with Gasteiger partial charge in [0.2, 0.25) is 0 Å². The normalized spacial score (nSPS) is 10.9. The van der Waals surface area contributed by atoms with Gasteiger partial charge in [0.25, 0.3) is 5.91 Å². The fourth-order valence-electron chi connectivity index (χ4n) is 1.77. The van der Waals surface area contributed by atoms with Gasteiger partial charge in [-0.1, -0.05) is 32.9 Å². The van der Waals surface area contributed by atoms with Crippen molar-refractivity contribution in [1.82, 2.24) is 16.2 Å². The minimum Gasteiger partial charge on any atom is -0.361 e. The zero-order valence-electron chi connectivity index (χ0n) is 13.7. The first-order valence-corrected chi connectivity index (χ1v) is 9.08. The number of hydrogen-bond acceptors (Lipinski definition) is 3. The van der Waals surface area contributed by atoms with Crippen molar-refractivity contribution in [3.05, 3.63) is 35.4 Å². The first-order valence-electron chi connectivity index (χ1n) is 7.28. The molecule has 0 radical (unpaired) electrons. The summed E-state index contributed by atoms with van der Waals surface area (Å²) in [5.41, 5.74) is 7.20. The number of thiocarbonyl (C=S) groups is 1. The molecule has 122 valence electrons. The van der Waals surface area contributed by atoms with Crippen LogP contribution in [-0.4, -0.2) is 29.6 Å². The number of rotatable bonds is 5. The highest BCUT2D eigenvalue weighted by molar-refractivity contribution is 7.98. The first kappa shape index (κ1) is 18.8. The van der Waals surface area contributed by atoms with Crippen LogP contribution in [0.2, 0.25) is 0 Å². The quantitative estimate of drug-likeness (QED) is 0.437. The van der Waals surface area contributed by atoms with E-state index in [9.17, 15) is 4.79 Å². The van der Waals surface area contributed by atoms with Gasteiger partial charge in [0, 0.05) is 12.1 Å². The summed E-state index contributed by atoms with van der Waals surface area (Å²) in [5.74, 6) is 0.885. The molecule has 0 unspecified atom stereocenters. The smallest absolute Gasteiger partial charge is 0.269 e. The van der Waals surface area contributed by atoms with E-state index in [2.05, 4.69) is 43.2 Å². The standard InChI is InChI=1S/C16H25N3OS2/c1-16(2,3)13-8-6-12(7-9-13)14(20)18-19-15(21)17-10-5-11-22-4/h6-9H,5,10-11H2,1-4H3,(H,18,20)(H2,17,19,21). The van der Waals surface area contributed by atoms with Crippen LogP contribution in [0.5, 0.6) is 0 Å². The van der Waals surface area contributed by atoms with Gasteiger partial charge in [-0.05, 0) is 53.8 Å². The highest BCUT2D eigenvalue weighted by Crippen LogP contribution is 2.22. The average Bonchev–Trinajstić information content (AvgIpc) is 2.48. The van der Waals surface area contributed by atoms with Crippen LogP contribution >= 0.6 is 24.0 Å². The largest absolute Gasteiger partial charge is 0.361 e. The van der Waals surface area contributed by atoms with Crippen molar-refractivity contribution in [3.63, 3.8) is 0 Å². The molecule has 22 heavy (non-hydrogen) atoms. The van der Waals surface area contributed by atoms with Crippen molar-refractivity contribution in [2.45, 2.75) is 32.6 Å². The fraction of sp³-hybridized carbons (Fsp3) is 0.500. The van der Waals surface area contributed by atoms with E-state index in [1.165, 1.54) is 5.56 Å². The number of carbonyl (C=O) groups excluding carboxylic acids is 1. The van der Waals surface area contributed by atoms with Crippen LogP contribution in [-0.2, 0) is 5.41 Å². The van der Waals surface area contributed by atoms with E-state index in [4.69, 9.17) is 12.2 Å². The summed E-state index contributed by atoms with van der Waals surface area (Å²) in [6, 6.07) is 7.61. The molecule has 0 aliphatic rings. The van der Waals surface area contributed by atoms with E-state index in [1.807, 2.05) is 24.3 Å². The first-order chi connectivity index (χ1) is 10.3. The topological polar surface area (TPSA) is 53.2 Å². The third-order valence-corrected chi connectivity index (χ3v) is 4.06. The second kappa shape index (κ2) is 9.00. The molecule has 6 heteroatoms. The van der Waals surface area contributed by atoms with Gasteiger partial charge in [-0.2, -0.15) is 11.8 Å². The Balaban J connectivity index is 2.40. The summed E-state index contributed by atoms with van der Waals surface area (Å²) in [4.78, 5) is 12.0. The van der Waals surface area contributed by atoms with Crippen LogP contribution in [0.1, 0.15) is 43.1 Å². The Morgan fingerprint density at radius 1 is 1.18 bits per heavy atom. The lowest BCUT2D eigenvalue weighted by molar-refractivity contribution is 0.0943. The molecule has 0 aliphatic heterocycles. The Morgan fingerprint density at radius 3 is 2.36 bits per heavy atom. The van der Waals surface area contributed by atoms with Gasteiger partial charge >= 0.3 is 0 Å². The number of hydrazine groups is 1. The molecule has 1 aromatic carbocycles. The molecule has 0 spiro atoms. The Labute approximate surface area is 142 Å². The molecular weight excluding hydrogens is 314 g/mol. The molecular formula is C16H25N3OS2. The van der Waals surface area contributed by atoms with E-state index >= 15 is 0 Å². The minimum absolute atomic E-state index is 0.0789. The average molecular weight is 340 g/mol. The number of amides is 1. The maximum absolute atomic E-state index is 12.0. The molecule has 3 N–H and O–H groups in total. The van der Waals surface area contributed by atoms with E-state index < -0.39 is 0 Å². The molecule has 0 saturated heterocycles. The van der Waals surface area contributed by atoms with Crippen molar-refractivity contribution in [2.75, 3.05) is 18.6 Å². The second-order valence-electron chi connectivity index (χ2n) is 6.01. The van der Waals surface area contributed by atoms with Gasteiger partial charge in [0.05, 0.1) is 0 Å². The number of nitrogens with one attached hydrogen (secondary N) is 3. The number of hydrogen-bond donors (Lipinski definition) is 3. The van der Waals surface area contributed by atoms with E-state index in [0.717, 1.165) is 18.7 Å². The summed E-state index contributed by atoms with van der Waals surface area (Å²) >= 11 is 6.90. The summed E-state index contributed by atoms with van der Waals surface area (Å²) in [6.45, 7) is 7.23. The van der Waals surface area contributed by atoms with E-state index in [0.29, 0.717) is 10.7 Å². The third kappa shape index (κ3) is 6.66. The predicted octanol–water partition coefficient (Wildman–Crippen LogP) is 2.85. The molecule has 0 saturated carbocycles. The highest BCUT2D eigenvalue weighted by Gasteiger charge is 2.14.